The molecule has 0 bridgehead atoms. The molecule has 0 spiro atoms. The van der Waals surface area contributed by atoms with Gasteiger partial charge in [0, 0.05) is 12.3 Å². The number of hydrogen-bond donors (Lipinski definition) is 0. The number of allylic oxidation sites excluding steroid dienone is 2. The van der Waals surface area contributed by atoms with E-state index in [4.69, 9.17) is 4.43 Å². The van der Waals surface area contributed by atoms with Crippen LogP contribution in [0.5, 0.6) is 0 Å². The molecular formula is C17H28OSi2. The Morgan fingerprint density at radius 1 is 1.00 bits per heavy atom. The summed E-state index contributed by atoms with van der Waals surface area (Å²) >= 11 is 0. The van der Waals surface area contributed by atoms with Gasteiger partial charge < -0.3 is 4.43 Å². The standard InChI is InChI=1S/C17H28OSi2/c1-19(2,3)20(4,5)18-17-13-9-12-16(14-17)15-10-7-6-8-11-15/h6-8,10-11,14,16H,9,12-13H2,1-5H3/t16-/m1/s1. The van der Waals surface area contributed by atoms with Gasteiger partial charge in [0.15, 0.2) is 0 Å². The van der Waals surface area contributed by atoms with E-state index in [1.165, 1.54) is 24.2 Å². The zero-order valence-corrected chi connectivity index (χ0v) is 15.6. The first-order chi connectivity index (χ1) is 9.29. The Labute approximate surface area is 126 Å². The molecule has 0 aliphatic heterocycles. The second-order valence-electron chi connectivity index (χ2n) is 7.40. The molecule has 0 heterocycles. The highest BCUT2D eigenvalue weighted by molar-refractivity contribution is 7.37. The first-order valence-electron chi connectivity index (χ1n) is 7.74. The molecule has 20 heavy (non-hydrogen) atoms. The molecule has 1 atom stereocenters. The van der Waals surface area contributed by atoms with E-state index in [9.17, 15) is 0 Å². The van der Waals surface area contributed by atoms with Gasteiger partial charge in [-0.15, -0.1) is 0 Å². The van der Waals surface area contributed by atoms with Gasteiger partial charge >= 0.3 is 0 Å². The van der Waals surface area contributed by atoms with Crippen LogP contribution in [0.15, 0.2) is 42.2 Å². The Hall–Kier alpha value is -0.806. The van der Waals surface area contributed by atoms with E-state index in [-0.39, 0.29) is 0 Å². The van der Waals surface area contributed by atoms with Gasteiger partial charge in [-0.1, -0.05) is 50.0 Å². The van der Waals surface area contributed by atoms with Crippen molar-refractivity contribution in [1.82, 2.24) is 0 Å². The molecule has 0 saturated heterocycles. The Kier molecular flexibility index (Phi) is 4.60. The Balaban J connectivity index is 2.15. The van der Waals surface area contributed by atoms with Gasteiger partial charge in [0.2, 0.25) is 7.83 Å². The first kappa shape index (κ1) is 15.6. The fraction of sp³-hybridized carbons (Fsp3) is 0.529. The third kappa shape index (κ3) is 3.64. The highest BCUT2D eigenvalue weighted by Gasteiger charge is 2.41. The predicted octanol–water partition coefficient (Wildman–Crippen LogP) is 5.48. The van der Waals surface area contributed by atoms with Gasteiger partial charge in [-0.3, -0.25) is 0 Å². The lowest BCUT2D eigenvalue weighted by Gasteiger charge is -2.37. The minimum Gasteiger partial charge on any atom is -0.550 e. The van der Waals surface area contributed by atoms with Crippen molar-refractivity contribution < 1.29 is 4.43 Å². The summed E-state index contributed by atoms with van der Waals surface area (Å²) in [6, 6.07) is 10.9. The van der Waals surface area contributed by atoms with Crippen molar-refractivity contribution in [3.05, 3.63) is 47.7 Å². The summed E-state index contributed by atoms with van der Waals surface area (Å²) in [5.41, 5.74) is 1.43. The molecule has 0 N–H and O–H groups in total. The zero-order chi connectivity index (χ0) is 14.8. The van der Waals surface area contributed by atoms with E-state index in [0.717, 1.165) is 6.42 Å². The monoisotopic (exact) mass is 304 g/mol. The van der Waals surface area contributed by atoms with Gasteiger partial charge in [0.25, 0.3) is 0 Å². The molecule has 2 rings (SSSR count). The molecule has 0 aromatic heterocycles. The van der Waals surface area contributed by atoms with Crippen LogP contribution < -0.4 is 0 Å². The average molecular weight is 305 g/mol. The van der Waals surface area contributed by atoms with Crippen LogP contribution in [0.2, 0.25) is 32.7 Å². The van der Waals surface area contributed by atoms with Crippen molar-refractivity contribution >= 4 is 15.4 Å². The lowest BCUT2D eigenvalue weighted by molar-refractivity contribution is 0.379. The van der Waals surface area contributed by atoms with Crippen LogP contribution in [0, 0.1) is 0 Å². The van der Waals surface area contributed by atoms with Crippen molar-refractivity contribution in [3.63, 3.8) is 0 Å². The number of rotatable bonds is 4. The molecule has 0 amide bonds. The number of hydrogen-bond acceptors (Lipinski definition) is 1. The van der Waals surface area contributed by atoms with Crippen LogP contribution in [0.25, 0.3) is 0 Å². The fourth-order valence-corrected chi connectivity index (χ4v) is 4.86. The van der Waals surface area contributed by atoms with Crippen molar-refractivity contribution in [2.45, 2.75) is 57.9 Å². The molecule has 1 nitrogen and oxygen atoms in total. The highest BCUT2D eigenvalue weighted by Crippen LogP contribution is 2.34. The minimum absolute atomic E-state index is 0.548. The molecular weight excluding hydrogens is 276 g/mol. The molecule has 0 fully saturated rings. The summed E-state index contributed by atoms with van der Waals surface area (Å²) in [7, 11) is -2.75. The first-order valence-corrected chi connectivity index (χ1v) is 15.1. The van der Waals surface area contributed by atoms with Crippen molar-refractivity contribution in [2.75, 3.05) is 0 Å². The van der Waals surface area contributed by atoms with Crippen LogP contribution in [0.1, 0.15) is 30.7 Å². The summed E-state index contributed by atoms with van der Waals surface area (Å²) < 4.78 is 6.56. The second-order valence-corrected chi connectivity index (χ2v) is 23.2. The minimum atomic E-state index is -1.55. The molecule has 0 saturated carbocycles. The van der Waals surface area contributed by atoms with Crippen molar-refractivity contribution in [3.8, 4) is 0 Å². The summed E-state index contributed by atoms with van der Waals surface area (Å²) in [4.78, 5) is 0. The van der Waals surface area contributed by atoms with Crippen LogP contribution in [-0.4, -0.2) is 15.4 Å². The molecule has 3 heteroatoms. The van der Waals surface area contributed by atoms with Crippen molar-refractivity contribution in [1.29, 1.82) is 0 Å². The Morgan fingerprint density at radius 2 is 1.65 bits per heavy atom. The lowest BCUT2D eigenvalue weighted by atomic mass is 9.89. The summed E-state index contributed by atoms with van der Waals surface area (Å²) in [5, 5.41) is 0. The van der Waals surface area contributed by atoms with Crippen LogP contribution in [0.4, 0.5) is 0 Å². The Morgan fingerprint density at radius 3 is 2.25 bits per heavy atom. The van der Waals surface area contributed by atoms with Crippen LogP contribution >= 0.6 is 0 Å². The van der Waals surface area contributed by atoms with E-state index in [1.807, 2.05) is 0 Å². The molecule has 1 aliphatic carbocycles. The van der Waals surface area contributed by atoms with Crippen LogP contribution in [0.3, 0.4) is 0 Å². The Bertz CT molecular complexity index is 472. The highest BCUT2D eigenvalue weighted by atomic mass is 29.3. The maximum absolute atomic E-state index is 6.56. The van der Waals surface area contributed by atoms with E-state index < -0.39 is 15.4 Å². The summed E-state index contributed by atoms with van der Waals surface area (Å²) in [5.74, 6) is 1.82. The topological polar surface area (TPSA) is 9.23 Å². The van der Waals surface area contributed by atoms with Gasteiger partial charge in [0.1, 0.15) is 0 Å². The van der Waals surface area contributed by atoms with Gasteiger partial charge in [-0.2, -0.15) is 0 Å². The zero-order valence-electron chi connectivity index (χ0n) is 13.6. The van der Waals surface area contributed by atoms with E-state index >= 15 is 0 Å². The average Bonchev–Trinajstić information content (AvgIpc) is 2.38. The quantitative estimate of drug-likeness (QED) is 0.670. The number of benzene rings is 1. The maximum atomic E-state index is 6.56. The lowest BCUT2D eigenvalue weighted by Crippen LogP contribution is -2.54. The maximum Gasteiger partial charge on any atom is 0.228 e. The fourth-order valence-electron chi connectivity index (χ4n) is 2.42. The van der Waals surface area contributed by atoms with Crippen molar-refractivity contribution in [2.24, 2.45) is 0 Å². The molecule has 0 radical (unpaired) electrons. The summed E-state index contributed by atoms with van der Waals surface area (Å²) in [6.45, 7) is 12.1. The van der Waals surface area contributed by atoms with E-state index in [2.05, 4.69) is 69.1 Å². The molecule has 0 unspecified atom stereocenters. The largest absolute Gasteiger partial charge is 0.550 e. The van der Waals surface area contributed by atoms with E-state index in [0.29, 0.717) is 5.92 Å². The van der Waals surface area contributed by atoms with E-state index in [1.54, 1.807) is 0 Å². The molecule has 1 aromatic carbocycles. The smallest absolute Gasteiger partial charge is 0.228 e. The SMILES string of the molecule is C[Si](C)(C)[Si](C)(C)OC1=C[C@H](c2ccccc2)CCC1. The summed E-state index contributed by atoms with van der Waals surface area (Å²) in [6.07, 6.45) is 6.03. The van der Waals surface area contributed by atoms with Gasteiger partial charge in [-0.05, 0) is 37.6 Å². The van der Waals surface area contributed by atoms with Gasteiger partial charge in [-0.25, -0.2) is 0 Å². The predicted molar refractivity (Wildman–Crippen MR) is 93.0 cm³/mol. The normalized spacial score (nSPS) is 20.4. The molecule has 1 aliphatic rings. The van der Waals surface area contributed by atoms with Crippen LogP contribution in [-0.2, 0) is 4.43 Å². The molecule has 110 valence electrons. The third-order valence-corrected chi connectivity index (χ3v) is 20.3. The second kappa shape index (κ2) is 5.90. The van der Waals surface area contributed by atoms with Gasteiger partial charge in [0.05, 0.1) is 13.4 Å². The third-order valence-electron chi connectivity index (χ3n) is 4.75. The molecule has 1 aromatic rings.